The van der Waals surface area contributed by atoms with Gasteiger partial charge in [-0.2, -0.15) is 0 Å². The maximum Gasteiger partial charge on any atom is 0.133 e. The second kappa shape index (κ2) is 20.0. The maximum absolute atomic E-state index is 8.00. The van der Waals surface area contributed by atoms with Crippen LogP contribution in [-0.4, -0.2) is 52.3 Å². The van der Waals surface area contributed by atoms with E-state index in [1.807, 2.05) is 57.8 Å². The van der Waals surface area contributed by atoms with E-state index in [4.69, 9.17) is 37.5 Å². The summed E-state index contributed by atoms with van der Waals surface area (Å²) in [6.07, 6.45) is 2.83. The Balaban J connectivity index is 0. The summed E-state index contributed by atoms with van der Waals surface area (Å²) in [6, 6.07) is 9.67. The molecule has 32 heavy (non-hydrogen) atoms. The zero-order valence-electron chi connectivity index (χ0n) is 19.6. The average molecular weight is 550 g/mol. The van der Waals surface area contributed by atoms with Crippen LogP contribution in [0, 0.1) is 13.8 Å². The van der Waals surface area contributed by atoms with Crippen molar-refractivity contribution >= 4 is 58.4 Å². The summed E-state index contributed by atoms with van der Waals surface area (Å²) in [5, 5.41) is 4.79. The lowest BCUT2D eigenvalue weighted by molar-refractivity contribution is -0.0987. The molecule has 8 heteroatoms. The Kier molecular flexibility index (Phi) is 20.4. The average Bonchev–Trinajstić information content (AvgIpc) is 3.28. The Bertz CT molecular complexity index is 771. The highest BCUT2D eigenvalue weighted by Gasteiger charge is 2.03. The van der Waals surface area contributed by atoms with Crippen LogP contribution in [0.5, 0.6) is 5.75 Å². The van der Waals surface area contributed by atoms with Crippen molar-refractivity contribution in [1.82, 2.24) is 4.90 Å². The van der Waals surface area contributed by atoms with Crippen LogP contribution in [0.4, 0.5) is 5.69 Å². The molecule has 5 nitrogen and oxygen atoms in total. The Labute approximate surface area is 211 Å². The first-order valence-corrected chi connectivity index (χ1v) is 11.6. The van der Waals surface area contributed by atoms with Crippen LogP contribution < -0.4 is 10.1 Å². The number of ether oxygens (including phenoxy) is 1. The normalized spacial score (nSPS) is 11.8. The molecule has 1 fully saturated rings. The van der Waals surface area contributed by atoms with Gasteiger partial charge in [-0.1, -0.05) is 23.2 Å². The van der Waals surface area contributed by atoms with Crippen LogP contribution in [-0.2, 0) is 9.59 Å². The number of carbonyl (C=O) groups is 2. The number of likely N-dealkylation sites (tertiary alicyclic amines) is 1. The highest BCUT2D eigenvalue weighted by atomic mass is 79.9. The second-order valence-corrected chi connectivity index (χ2v) is 8.41. The van der Waals surface area contributed by atoms with E-state index in [9.17, 15) is 0 Å². The fraction of sp³-hybridized carbons (Fsp3) is 0.417. The van der Waals surface area contributed by atoms with Gasteiger partial charge in [0.05, 0.1) is 11.6 Å². The van der Waals surface area contributed by atoms with E-state index in [1.165, 1.54) is 25.9 Å². The number of anilines is 1. The molecule has 0 aromatic heterocycles. The fourth-order valence-corrected chi connectivity index (χ4v) is 3.54. The molecule has 1 saturated heterocycles. The lowest BCUT2D eigenvalue weighted by Gasteiger charge is -2.05. The summed E-state index contributed by atoms with van der Waals surface area (Å²) in [7, 11) is 3.81. The molecule has 1 heterocycles. The minimum atomic E-state index is 0.748. The molecule has 0 aliphatic carbocycles. The van der Waals surface area contributed by atoms with Gasteiger partial charge in [-0.05, 0) is 111 Å². The standard InChI is InChI=1S/C9H12ClN.C8H8BrClO.C5H11N.2CH2O/c1-3-11-8-4-5-9(10)7(2)6-8;1-5-3-8(11-2)6(9)4-7(5)10;1-6-4-2-3-5-6;2*1-2/h4-6,11H,3H2,1-2H3;3-4H,1-2H3;2-5H2,1H3;2*1H2. The molecule has 180 valence electrons. The van der Waals surface area contributed by atoms with E-state index in [2.05, 4.69) is 40.1 Å². The largest absolute Gasteiger partial charge is 0.496 e. The summed E-state index contributed by atoms with van der Waals surface area (Å²) in [5.41, 5.74) is 3.27. The van der Waals surface area contributed by atoms with Gasteiger partial charge in [0, 0.05) is 22.3 Å². The molecule has 1 aliphatic heterocycles. The molecule has 0 amide bonds. The van der Waals surface area contributed by atoms with Crippen molar-refractivity contribution < 1.29 is 14.3 Å². The number of nitrogens with one attached hydrogen (secondary N) is 1. The van der Waals surface area contributed by atoms with Gasteiger partial charge in [0.15, 0.2) is 0 Å². The number of hydrogen-bond acceptors (Lipinski definition) is 5. The number of nitrogens with zero attached hydrogens (tertiary/aromatic N) is 1. The molecule has 2 aromatic carbocycles. The molecule has 2 aromatic rings. The van der Waals surface area contributed by atoms with E-state index in [1.54, 1.807) is 7.11 Å². The molecule has 1 N–H and O–H groups in total. The smallest absolute Gasteiger partial charge is 0.133 e. The first kappa shape index (κ1) is 32.6. The van der Waals surface area contributed by atoms with Crippen molar-refractivity contribution in [1.29, 1.82) is 0 Å². The molecule has 1 aliphatic rings. The van der Waals surface area contributed by atoms with Crippen LogP contribution in [0.15, 0.2) is 34.8 Å². The lowest BCUT2D eigenvalue weighted by atomic mass is 10.2. The van der Waals surface area contributed by atoms with E-state index < -0.39 is 0 Å². The monoisotopic (exact) mass is 548 g/mol. The van der Waals surface area contributed by atoms with Crippen molar-refractivity contribution in [2.24, 2.45) is 0 Å². The number of rotatable bonds is 3. The number of methoxy groups -OCH3 is 1. The van der Waals surface area contributed by atoms with Gasteiger partial charge in [-0.15, -0.1) is 0 Å². The van der Waals surface area contributed by atoms with Crippen molar-refractivity contribution in [2.75, 3.05) is 39.1 Å². The molecule has 0 atom stereocenters. The Hall–Kier alpha value is -1.60. The number of aryl methyl sites for hydroxylation is 2. The van der Waals surface area contributed by atoms with Gasteiger partial charge in [0.2, 0.25) is 0 Å². The first-order valence-electron chi connectivity index (χ1n) is 10.0. The number of hydrogen-bond donors (Lipinski definition) is 1. The Morgan fingerprint density at radius 3 is 1.94 bits per heavy atom. The maximum atomic E-state index is 8.00. The first-order chi connectivity index (χ1) is 15.3. The summed E-state index contributed by atoms with van der Waals surface area (Å²) >= 11 is 15.0. The Morgan fingerprint density at radius 1 is 1.00 bits per heavy atom. The van der Waals surface area contributed by atoms with Gasteiger partial charge in [-0.25, -0.2) is 0 Å². The van der Waals surface area contributed by atoms with E-state index >= 15 is 0 Å². The van der Waals surface area contributed by atoms with Crippen molar-refractivity contribution in [3.05, 3.63) is 56.0 Å². The summed E-state index contributed by atoms with van der Waals surface area (Å²) in [6.45, 7) is 13.6. The van der Waals surface area contributed by atoms with Gasteiger partial charge >= 0.3 is 0 Å². The summed E-state index contributed by atoms with van der Waals surface area (Å²) < 4.78 is 5.96. The zero-order valence-corrected chi connectivity index (χ0v) is 22.7. The molecule has 0 unspecified atom stereocenters. The molecule has 0 radical (unpaired) electrons. The van der Waals surface area contributed by atoms with E-state index in [0.29, 0.717) is 0 Å². The molecular formula is C24H35BrCl2N2O3. The van der Waals surface area contributed by atoms with Crippen LogP contribution in [0.1, 0.15) is 30.9 Å². The predicted molar refractivity (Wildman–Crippen MR) is 142 cm³/mol. The quantitative estimate of drug-likeness (QED) is 0.454. The van der Waals surface area contributed by atoms with E-state index in [0.717, 1.165) is 43.6 Å². The molecule has 0 spiro atoms. The van der Waals surface area contributed by atoms with Crippen molar-refractivity contribution in [2.45, 2.75) is 33.6 Å². The number of carbonyl (C=O) groups excluding carboxylic acids is 2. The third-order valence-corrected chi connectivity index (χ3v) is 5.75. The zero-order chi connectivity index (χ0) is 25.1. The SMILES string of the molecule is C=O.C=O.CCNc1ccc(Cl)c(C)c1.CN1CCCC1.COc1cc(C)c(Cl)cc1Br. The summed E-state index contributed by atoms with van der Waals surface area (Å²) in [5.74, 6) is 0.812. The van der Waals surface area contributed by atoms with Crippen LogP contribution in [0.25, 0.3) is 0 Å². The number of halogens is 3. The van der Waals surface area contributed by atoms with Gasteiger partial charge in [0.1, 0.15) is 19.3 Å². The molecule has 0 saturated carbocycles. The highest BCUT2D eigenvalue weighted by molar-refractivity contribution is 9.10. The van der Waals surface area contributed by atoms with Crippen LogP contribution in [0.3, 0.4) is 0 Å². The minimum Gasteiger partial charge on any atom is -0.496 e. The highest BCUT2D eigenvalue weighted by Crippen LogP contribution is 2.30. The van der Waals surface area contributed by atoms with Gasteiger partial charge in [-0.3, -0.25) is 0 Å². The molecule has 0 bridgehead atoms. The minimum absolute atomic E-state index is 0.748. The third kappa shape index (κ3) is 13.7. The topological polar surface area (TPSA) is 58.6 Å². The lowest BCUT2D eigenvalue weighted by Crippen LogP contribution is -2.10. The second-order valence-electron chi connectivity index (χ2n) is 6.74. The summed E-state index contributed by atoms with van der Waals surface area (Å²) in [4.78, 5) is 18.4. The molecular weight excluding hydrogens is 515 g/mol. The van der Waals surface area contributed by atoms with Crippen molar-refractivity contribution in [3.63, 3.8) is 0 Å². The van der Waals surface area contributed by atoms with Crippen LogP contribution in [0.2, 0.25) is 10.0 Å². The third-order valence-electron chi connectivity index (χ3n) is 4.30. The van der Waals surface area contributed by atoms with Gasteiger partial charge in [0.25, 0.3) is 0 Å². The number of benzene rings is 2. The van der Waals surface area contributed by atoms with Gasteiger partial charge < -0.3 is 24.5 Å². The molecule has 3 rings (SSSR count). The Morgan fingerprint density at radius 2 is 1.53 bits per heavy atom. The fourth-order valence-electron chi connectivity index (χ4n) is 2.62. The van der Waals surface area contributed by atoms with Crippen molar-refractivity contribution in [3.8, 4) is 5.75 Å². The van der Waals surface area contributed by atoms with Crippen LogP contribution >= 0.6 is 39.1 Å². The predicted octanol–water partition coefficient (Wildman–Crippen LogP) is 6.84. The van der Waals surface area contributed by atoms with E-state index in [-0.39, 0.29) is 0 Å².